The molecule has 2 rings (SSSR count). The van der Waals surface area contributed by atoms with E-state index in [0.717, 1.165) is 6.08 Å². The maximum Gasteiger partial charge on any atom is 0.405 e. The SMILES string of the molecule is CO[C@H]1C[C@H](C)CC2=C(NCCF)C(=O)C=C(NC(=O)/C(C)=C/C=C\[C@H](OC)[C@@H](OC(N)=O)/C(C)=C/[C@H](C)/C1=N\O)C2=O. The van der Waals surface area contributed by atoms with Crippen molar-refractivity contribution in [1.29, 1.82) is 0 Å². The minimum Gasteiger partial charge on any atom is -0.439 e. The normalized spacial score (nSPS) is 30.5. The van der Waals surface area contributed by atoms with Crippen molar-refractivity contribution in [2.75, 3.05) is 27.4 Å². The van der Waals surface area contributed by atoms with Crippen LogP contribution in [-0.4, -0.2) is 80.2 Å². The van der Waals surface area contributed by atoms with Gasteiger partial charge in [-0.2, -0.15) is 0 Å². The highest BCUT2D eigenvalue weighted by Gasteiger charge is 2.33. The van der Waals surface area contributed by atoms with E-state index >= 15 is 0 Å². The average molecular weight is 605 g/mol. The Balaban J connectivity index is 2.67. The lowest BCUT2D eigenvalue weighted by atomic mass is 9.85. The highest BCUT2D eigenvalue weighted by atomic mass is 19.1. The molecule has 12 nitrogen and oxygen atoms in total. The summed E-state index contributed by atoms with van der Waals surface area (Å²) in [4.78, 5) is 51.2. The number of oxime groups is 1. The van der Waals surface area contributed by atoms with Crippen LogP contribution < -0.4 is 16.4 Å². The number of hydrogen-bond donors (Lipinski definition) is 4. The number of alkyl halides is 1. The Hall–Kier alpha value is -4.10. The zero-order valence-electron chi connectivity index (χ0n) is 25.3. The lowest BCUT2D eigenvalue weighted by Gasteiger charge is -2.27. The van der Waals surface area contributed by atoms with E-state index in [2.05, 4.69) is 15.8 Å². The van der Waals surface area contributed by atoms with Crippen molar-refractivity contribution in [3.63, 3.8) is 0 Å². The lowest BCUT2D eigenvalue weighted by Crippen LogP contribution is -2.37. The number of carbonyl (C=O) groups is 4. The van der Waals surface area contributed by atoms with Crippen molar-refractivity contribution in [2.24, 2.45) is 22.7 Å². The van der Waals surface area contributed by atoms with Gasteiger partial charge in [-0.05, 0) is 38.2 Å². The fraction of sp³-hybridized carbons (Fsp3) is 0.500. The summed E-state index contributed by atoms with van der Waals surface area (Å²) in [5.41, 5.74) is 6.19. The summed E-state index contributed by atoms with van der Waals surface area (Å²) in [7, 11) is 2.85. The molecule has 1 aliphatic carbocycles. The van der Waals surface area contributed by atoms with Gasteiger partial charge in [-0.3, -0.25) is 14.4 Å². The van der Waals surface area contributed by atoms with E-state index in [0.29, 0.717) is 5.57 Å². The monoisotopic (exact) mass is 604 g/mol. The zero-order valence-corrected chi connectivity index (χ0v) is 25.3. The molecule has 0 saturated heterocycles. The van der Waals surface area contributed by atoms with Crippen molar-refractivity contribution < 1.29 is 43.0 Å². The van der Waals surface area contributed by atoms with Crippen LogP contribution in [-0.2, 0) is 28.6 Å². The maximum atomic E-state index is 13.5. The fourth-order valence-electron chi connectivity index (χ4n) is 4.96. The van der Waals surface area contributed by atoms with Crippen LogP contribution in [0.5, 0.6) is 0 Å². The number of halogens is 1. The van der Waals surface area contributed by atoms with E-state index < -0.39 is 54.5 Å². The first-order chi connectivity index (χ1) is 20.4. The van der Waals surface area contributed by atoms with E-state index in [1.54, 1.807) is 26.0 Å². The summed E-state index contributed by atoms with van der Waals surface area (Å²) < 4.78 is 29.5. The predicted molar refractivity (Wildman–Crippen MR) is 157 cm³/mol. The molecule has 43 heavy (non-hydrogen) atoms. The van der Waals surface area contributed by atoms with Gasteiger partial charge in [0.1, 0.15) is 12.8 Å². The molecule has 2 aliphatic rings. The van der Waals surface area contributed by atoms with Gasteiger partial charge in [-0.1, -0.05) is 43.3 Å². The molecule has 0 unspecified atom stereocenters. The Morgan fingerprint density at radius 1 is 1.21 bits per heavy atom. The number of Topliss-reactive ketones (excluding diaryl/α,β-unsaturated/α-hetero) is 1. The minimum absolute atomic E-state index is 0.0309. The summed E-state index contributed by atoms with van der Waals surface area (Å²) in [6.45, 7) is 5.86. The Labute approximate surface area is 250 Å². The van der Waals surface area contributed by atoms with Gasteiger partial charge in [0.05, 0.1) is 23.2 Å². The number of amides is 2. The Bertz CT molecular complexity index is 1270. The molecular formula is C30H41FN4O8. The quantitative estimate of drug-likeness (QED) is 0.154. The number of nitrogens with zero attached hydrogens (tertiary/aromatic N) is 1. The Morgan fingerprint density at radius 2 is 1.91 bits per heavy atom. The summed E-state index contributed by atoms with van der Waals surface area (Å²) in [5, 5.41) is 18.7. The fourth-order valence-corrected chi connectivity index (χ4v) is 4.96. The molecule has 236 valence electrons. The first-order valence-electron chi connectivity index (χ1n) is 13.8. The second-order valence-corrected chi connectivity index (χ2v) is 10.5. The number of ketones is 2. The van der Waals surface area contributed by atoms with Crippen molar-refractivity contribution in [1.82, 2.24) is 10.6 Å². The zero-order chi connectivity index (χ0) is 32.3. The third kappa shape index (κ3) is 9.45. The van der Waals surface area contributed by atoms with Gasteiger partial charge in [0.2, 0.25) is 11.6 Å². The number of fused-ring (bicyclic) bond motifs is 2. The second-order valence-electron chi connectivity index (χ2n) is 10.5. The Kier molecular flexibility index (Phi) is 13.5. The van der Waals surface area contributed by atoms with E-state index in [1.165, 1.54) is 33.3 Å². The van der Waals surface area contributed by atoms with Gasteiger partial charge in [0.15, 0.2) is 6.10 Å². The van der Waals surface area contributed by atoms with Gasteiger partial charge in [-0.15, -0.1) is 0 Å². The van der Waals surface area contributed by atoms with Crippen LogP contribution in [0.25, 0.3) is 0 Å². The molecule has 0 saturated carbocycles. The van der Waals surface area contributed by atoms with E-state index in [-0.39, 0.29) is 53.6 Å². The average Bonchev–Trinajstić information content (AvgIpc) is 2.95. The summed E-state index contributed by atoms with van der Waals surface area (Å²) in [6, 6.07) is 0. The number of allylic oxidation sites excluding steroid dienone is 5. The number of primary amides is 1. The molecule has 0 spiro atoms. The molecule has 0 aromatic rings. The molecular weight excluding hydrogens is 563 g/mol. The molecule has 2 amide bonds. The second kappa shape index (κ2) is 16.5. The van der Waals surface area contributed by atoms with Gasteiger partial charge in [0.25, 0.3) is 5.91 Å². The summed E-state index contributed by atoms with van der Waals surface area (Å²) in [5.74, 6) is -2.60. The number of hydrogen-bond acceptors (Lipinski definition) is 10. The van der Waals surface area contributed by atoms with Crippen LogP contribution in [0.1, 0.15) is 40.5 Å². The number of rotatable bonds is 6. The van der Waals surface area contributed by atoms with Crippen LogP contribution in [0, 0.1) is 11.8 Å². The molecule has 0 fully saturated rings. The largest absolute Gasteiger partial charge is 0.439 e. The predicted octanol–water partition coefficient (Wildman–Crippen LogP) is 2.79. The molecule has 2 bridgehead atoms. The van der Waals surface area contributed by atoms with Gasteiger partial charge >= 0.3 is 6.09 Å². The van der Waals surface area contributed by atoms with Gasteiger partial charge in [0, 0.05) is 43.9 Å². The lowest BCUT2D eigenvalue weighted by molar-refractivity contribution is -0.120. The number of methoxy groups -OCH3 is 2. The van der Waals surface area contributed by atoms with Gasteiger partial charge < -0.3 is 35.8 Å². The summed E-state index contributed by atoms with van der Waals surface area (Å²) in [6.07, 6.45) is 4.10. The van der Waals surface area contributed by atoms with E-state index in [1.807, 2.05) is 6.92 Å². The van der Waals surface area contributed by atoms with Crippen molar-refractivity contribution in [2.45, 2.75) is 58.8 Å². The maximum absolute atomic E-state index is 13.5. The van der Waals surface area contributed by atoms with Crippen LogP contribution >= 0.6 is 0 Å². The smallest absolute Gasteiger partial charge is 0.405 e. The molecule has 5 atom stereocenters. The van der Waals surface area contributed by atoms with Crippen LogP contribution in [0.4, 0.5) is 9.18 Å². The van der Waals surface area contributed by atoms with E-state index in [4.69, 9.17) is 19.9 Å². The number of nitrogens with one attached hydrogen (secondary N) is 2. The third-order valence-electron chi connectivity index (χ3n) is 7.13. The molecule has 5 N–H and O–H groups in total. The highest BCUT2D eigenvalue weighted by Crippen LogP contribution is 2.28. The van der Waals surface area contributed by atoms with Crippen LogP contribution in [0.15, 0.2) is 63.6 Å². The van der Waals surface area contributed by atoms with Gasteiger partial charge in [-0.25, -0.2) is 9.18 Å². The highest BCUT2D eigenvalue weighted by molar-refractivity contribution is 6.23. The molecule has 13 heteroatoms. The molecule has 0 aromatic carbocycles. The molecule has 0 aromatic heterocycles. The molecule has 1 aliphatic heterocycles. The van der Waals surface area contributed by atoms with Crippen molar-refractivity contribution >= 4 is 29.3 Å². The number of ether oxygens (including phenoxy) is 3. The van der Waals surface area contributed by atoms with E-state index in [9.17, 15) is 28.8 Å². The third-order valence-corrected chi connectivity index (χ3v) is 7.13. The number of nitrogens with two attached hydrogens (primary N) is 1. The topological polar surface area (TPSA) is 179 Å². The molecule has 1 heterocycles. The van der Waals surface area contributed by atoms with Crippen molar-refractivity contribution in [3.05, 3.63) is 58.5 Å². The van der Waals surface area contributed by atoms with Crippen LogP contribution in [0.2, 0.25) is 0 Å². The standard InChI is InChI=1S/C30H41FN4O8/c1-16-12-20-26(33-11-10-31)22(36)15-21(27(20)37)34-29(38)17(2)8-7-9-23(41-5)28(43-30(32)39)19(4)14-18(3)25(35-40)24(13-16)42-6/h7-9,14-16,18,23-24,28,33,40H,10-13H2,1-6H3,(H2,32,39)(H,34,38)/b9-7-,17-8+,19-14+,35-25+/t16-,18+,23+,24+,28+/m1/s1. The Morgan fingerprint density at radius 3 is 2.49 bits per heavy atom. The minimum atomic E-state index is -1.03. The summed E-state index contributed by atoms with van der Waals surface area (Å²) >= 11 is 0. The molecule has 0 radical (unpaired) electrons. The first kappa shape index (κ1) is 35.1. The first-order valence-corrected chi connectivity index (χ1v) is 13.8. The van der Waals surface area contributed by atoms with Crippen LogP contribution in [0.3, 0.4) is 0 Å². The number of carbonyl (C=O) groups excluding carboxylic acids is 4. The van der Waals surface area contributed by atoms with Crippen molar-refractivity contribution in [3.8, 4) is 0 Å².